The van der Waals surface area contributed by atoms with E-state index in [9.17, 15) is 76.1 Å². The highest BCUT2D eigenvalue weighted by Crippen LogP contribution is 2.68. The van der Waals surface area contributed by atoms with Crippen molar-refractivity contribution >= 4 is 0 Å². The molecule has 0 heterocycles. The van der Waals surface area contributed by atoms with Crippen LogP contribution in [0.3, 0.4) is 0 Å². The quantitative estimate of drug-likeness (QED) is 0.201. The molecule has 19 heteroatoms. The van der Waals surface area contributed by atoms with Gasteiger partial charge in [0.15, 0.2) is 5.60 Å². The van der Waals surface area contributed by atoms with Crippen LogP contribution in [0.4, 0.5) is 65.9 Å². The van der Waals surface area contributed by atoms with Crippen LogP contribution in [0.1, 0.15) is 57.1 Å². The minimum Gasteiger partial charge on any atom is -0.373 e. The molecule has 0 saturated heterocycles. The second kappa shape index (κ2) is 11.9. The van der Waals surface area contributed by atoms with Gasteiger partial charge in [0.25, 0.3) is 11.2 Å². The summed E-state index contributed by atoms with van der Waals surface area (Å²) in [7, 11) is 0. The predicted octanol–water partition coefficient (Wildman–Crippen LogP) is 8.32. The molecule has 4 nitrogen and oxygen atoms in total. The Bertz CT molecular complexity index is 1170. The summed E-state index contributed by atoms with van der Waals surface area (Å²) in [6.45, 7) is 2.59. The molecule has 2 aliphatic rings. The zero-order valence-corrected chi connectivity index (χ0v) is 24.0. The van der Waals surface area contributed by atoms with Gasteiger partial charge in [-0.3, -0.25) is 0 Å². The molecule has 0 radical (unpaired) electrons. The van der Waals surface area contributed by atoms with Crippen molar-refractivity contribution in [1.82, 2.24) is 0 Å². The van der Waals surface area contributed by atoms with Crippen molar-refractivity contribution in [3.63, 3.8) is 0 Å². The van der Waals surface area contributed by atoms with Crippen LogP contribution in [0.15, 0.2) is 24.3 Å². The van der Waals surface area contributed by atoms with E-state index in [1.54, 1.807) is 6.92 Å². The van der Waals surface area contributed by atoms with E-state index in [2.05, 4.69) is 0 Å². The van der Waals surface area contributed by atoms with Crippen molar-refractivity contribution in [2.24, 2.45) is 23.7 Å². The van der Waals surface area contributed by atoms with Crippen LogP contribution in [0.25, 0.3) is 0 Å². The molecule has 46 heavy (non-hydrogen) atoms. The maximum Gasteiger partial charge on any atom is 0.426 e. The molecule has 3 rings (SSSR count). The molecule has 2 fully saturated rings. The first kappa shape index (κ1) is 38.5. The molecule has 1 aromatic rings. The third-order valence-electron chi connectivity index (χ3n) is 9.45. The molecule has 266 valence electrons. The fourth-order valence-electron chi connectivity index (χ4n) is 6.67. The number of hydrogen-bond donors (Lipinski definition) is 2. The van der Waals surface area contributed by atoms with Crippen molar-refractivity contribution in [1.29, 1.82) is 0 Å². The third-order valence-corrected chi connectivity index (χ3v) is 9.45. The lowest BCUT2D eigenvalue weighted by Crippen LogP contribution is -2.72. The molecule has 7 unspecified atom stereocenters. The Hall–Kier alpha value is -1.99. The largest absolute Gasteiger partial charge is 0.426 e. The molecule has 1 aromatic carbocycles. The fraction of sp³-hybridized carbons (Fsp3) is 0.778. The Labute approximate surface area is 251 Å². The molecule has 2 saturated carbocycles. The average Bonchev–Trinajstić information content (AvgIpc) is 3.47. The van der Waals surface area contributed by atoms with Gasteiger partial charge in [-0.1, -0.05) is 38.1 Å². The molecule has 2 bridgehead atoms. The molecule has 0 aromatic heterocycles. The van der Waals surface area contributed by atoms with Crippen molar-refractivity contribution in [2.45, 2.75) is 99.7 Å². The van der Waals surface area contributed by atoms with E-state index in [0.717, 1.165) is 12.1 Å². The maximum atomic E-state index is 14.1. The minimum absolute atomic E-state index is 0.0515. The average molecular weight is 702 g/mol. The first-order valence-corrected chi connectivity index (χ1v) is 13.6. The summed E-state index contributed by atoms with van der Waals surface area (Å²) in [5, 5.41) is 20.0. The summed E-state index contributed by atoms with van der Waals surface area (Å²) < 4.78 is 218. The molecule has 0 spiro atoms. The predicted molar refractivity (Wildman–Crippen MR) is 127 cm³/mol. The summed E-state index contributed by atoms with van der Waals surface area (Å²) in [6.07, 6.45) is -36.7. The monoisotopic (exact) mass is 702 g/mol. The van der Waals surface area contributed by atoms with Crippen LogP contribution in [-0.4, -0.2) is 65.2 Å². The van der Waals surface area contributed by atoms with E-state index in [1.807, 2.05) is 6.92 Å². The van der Waals surface area contributed by atoms with Gasteiger partial charge < -0.3 is 19.7 Å². The molecule has 2 aliphatic carbocycles. The number of fused-ring (bicyclic) bond motifs is 2. The van der Waals surface area contributed by atoms with Gasteiger partial charge >= 0.3 is 30.9 Å². The number of hydrogen-bond acceptors (Lipinski definition) is 4. The van der Waals surface area contributed by atoms with Crippen LogP contribution >= 0.6 is 0 Å². The lowest BCUT2D eigenvalue weighted by molar-refractivity contribution is -0.428. The fourth-order valence-corrected chi connectivity index (χ4v) is 6.67. The summed E-state index contributed by atoms with van der Waals surface area (Å²) in [6, 6.07) is 4.82. The van der Waals surface area contributed by atoms with Gasteiger partial charge in [-0.05, 0) is 55.1 Å². The first-order valence-electron chi connectivity index (χ1n) is 13.6. The summed E-state index contributed by atoms with van der Waals surface area (Å²) in [4.78, 5) is 0. The van der Waals surface area contributed by atoms with Gasteiger partial charge in [-0.2, -0.15) is 65.9 Å². The highest BCUT2D eigenvalue weighted by molar-refractivity contribution is 5.30. The van der Waals surface area contributed by atoms with E-state index in [0.29, 0.717) is 18.9 Å². The van der Waals surface area contributed by atoms with Crippen molar-refractivity contribution < 1.29 is 85.5 Å². The van der Waals surface area contributed by atoms with Crippen LogP contribution in [0.2, 0.25) is 0 Å². The van der Waals surface area contributed by atoms with Crippen molar-refractivity contribution in [3.05, 3.63) is 35.4 Å². The van der Waals surface area contributed by atoms with Gasteiger partial charge in [-0.15, -0.1) is 0 Å². The highest BCUT2D eigenvalue weighted by atomic mass is 19.4. The van der Waals surface area contributed by atoms with Crippen LogP contribution in [-0.2, 0) is 15.1 Å². The van der Waals surface area contributed by atoms with E-state index in [4.69, 9.17) is 9.47 Å². The topological polar surface area (TPSA) is 58.9 Å². The van der Waals surface area contributed by atoms with E-state index < -0.39 is 103 Å². The number of ether oxygens (including phenoxy) is 2. The van der Waals surface area contributed by atoms with Crippen molar-refractivity contribution in [3.8, 4) is 0 Å². The maximum absolute atomic E-state index is 14.1. The van der Waals surface area contributed by atoms with Crippen molar-refractivity contribution in [2.75, 3.05) is 6.79 Å². The Morgan fingerprint density at radius 1 is 0.696 bits per heavy atom. The number of halogens is 15. The Balaban J connectivity index is 2.02. The first-order chi connectivity index (χ1) is 20.5. The Morgan fingerprint density at radius 2 is 1.13 bits per heavy atom. The lowest BCUT2D eigenvalue weighted by Gasteiger charge is -2.51. The standard InChI is InChI=1S/C27H29F15O4/c1-4-12(2)13-5-7-15(8-6-13)20(3,23(28,29)30)46-11-45-17-10-14-9-16(17)19(22(44,26(37,38)39)27(40,41)42)18(14)21(43,24(31,32)33)25(34,35)36/h5-8,12,14,16-19,43-44H,4,9-11H2,1-3H3. The van der Waals surface area contributed by atoms with Crippen LogP contribution < -0.4 is 0 Å². The zero-order valence-electron chi connectivity index (χ0n) is 24.0. The van der Waals surface area contributed by atoms with E-state index in [-0.39, 0.29) is 5.92 Å². The van der Waals surface area contributed by atoms with Crippen LogP contribution in [0, 0.1) is 23.7 Å². The number of benzene rings is 1. The van der Waals surface area contributed by atoms with Gasteiger partial charge in [-0.25, -0.2) is 0 Å². The second-order valence-corrected chi connectivity index (χ2v) is 11.9. The van der Waals surface area contributed by atoms with Gasteiger partial charge in [0.05, 0.1) is 6.10 Å². The summed E-state index contributed by atoms with van der Waals surface area (Å²) in [5.74, 6) is -13.0. The van der Waals surface area contributed by atoms with Gasteiger partial charge in [0.2, 0.25) is 0 Å². The molecular weight excluding hydrogens is 673 g/mol. The smallest absolute Gasteiger partial charge is 0.373 e. The van der Waals surface area contributed by atoms with Crippen LogP contribution in [0.5, 0.6) is 0 Å². The molecule has 0 aliphatic heterocycles. The minimum atomic E-state index is -6.92. The molecule has 7 atom stereocenters. The SMILES string of the molecule is CCC(C)c1ccc(C(C)(OCOC2CC3CC2C(C(O)(C(F)(F)F)C(F)(F)F)C3C(O)(C(F)(F)F)C(F)(F)F)C(F)(F)F)cc1. The third kappa shape index (κ3) is 6.06. The summed E-state index contributed by atoms with van der Waals surface area (Å²) in [5.41, 5.74) is -15.4. The summed E-state index contributed by atoms with van der Waals surface area (Å²) >= 11 is 0. The normalized spacial score (nSPS) is 27.2. The number of rotatable bonds is 9. The van der Waals surface area contributed by atoms with Gasteiger partial charge in [0, 0.05) is 11.8 Å². The highest BCUT2D eigenvalue weighted by Gasteiger charge is 2.86. The molecule has 2 N–H and O–H groups in total. The second-order valence-electron chi connectivity index (χ2n) is 11.9. The Morgan fingerprint density at radius 3 is 1.52 bits per heavy atom. The lowest BCUT2D eigenvalue weighted by atomic mass is 9.62. The Kier molecular flexibility index (Phi) is 9.91. The zero-order chi connectivity index (χ0) is 35.7. The molecular formula is C27H29F15O4. The van der Waals surface area contributed by atoms with Gasteiger partial charge in [0.1, 0.15) is 6.79 Å². The van der Waals surface area contributed by atoms with E-state index >= 15 is 0 Å². The van der Waals surface area contributed by atoms with E-state index in [1.165, 1.54) is 12.1 Å². The number of alkyl halides is 15. The number of aliphatic hydroxyl groups is 2. The molecule has 0 amide bonds.